The minimum absolute atomic E-state index is 0.183. The summed E-state index contributed by atoms with van der Waals surface area (Å²) >= 11 is 1.84. The zero-order valence-corrected chi connectivity index (χ0v) is 13.1. The van der Waals surface area contributed by atoms with Crippen molar-refractivity contribution in [2.24, 2.45) is 0 Å². The van der Waals surface area contributed by atoms with E-state index in [4.69, 9.17) is 0 Å². The first-order chi connectivity index (χ1) is 10.7. The van der Waals surface area contributed by atoms with E-state index in [1.54, 1.807) is 23.1 Å². The van der Waals surface area contributed by atoms with Gasteiger partial charge in [-0.25, -0.2) is 4.68 Å². The Hall–Kier alpha value is -1.79. The summed E-state index contributed by atoms with van der Waals surface area (Å²) in [5, 5.41) is 17.5. The molecule has 0 bridgehead atoms. The van der Waals surface area contributed by atoms with Crippen LogP contribution in [0, 0.1) is 0 Å². The van der Waals surface area contributed by atoms with Gasteiger partial charge in [-0.05, 0) is 42.5 Å². The predicted octanol–water partition coefficient (Wildman–Crippen LogP) is 1.86. The smallest absolute Gasteiger partial charge is 0.253 e. The Labute approximate surface area is 133 Å². The van der Waals surface area contributed by atoms with Gasteiger partial charge in [-0.3, -0.25) is 4.79 Å². The summed E-state index contributed by atoms with van der Waals surface area (Å²) in [4.78, 5) is 12.5. The van der Waals surface area contributed by atoms with Crippen molar-refractivity contribution in [3.63, 3.8) is 0 Å². The fourth-order valence-corrected chi connectivity index (χ4v) is 3.80. The molecule has 2 N–H and O–H groups in total. The highest BCUT2D eigenvalue weighted by molar-refractivity contribution is 7.99. The number of benzene rings is 1. The van der Waals surface area contributed by atoms with Crippen molar-refractivity contribution in [2.75, 3.05) is 18.1 Å². The lowest BCUT2D eigenvalue weighted by molar-refractivity contribution is 0.0311. The van der Waals surface area contributed by atoms with E-state index in [-0.39, 0.29) is 5.91 Å². The Morgan fingerprint density at radius 1 is 1.32 bits per heavy atom. The van der Waals surface area contributed by atoms with Crippen molar-refractivity contribution in [1.29, 1.82) is 0 Å². The molecule has 2 aromatic rings. The highest BCUT2D eigenvalue weighted by Gasteiger charge is 2.30. The molecule has 0 spiro atoms. The van der Waals surface area contributed by atoms with Crippen LogP contribution in [0.3, 0.4) is 0 Å². The summed E-state index contributed by atoms with van der Waals surface area (Å²) in [5.41, 5.74) is 0.512. The zero-order valence-electron chi connectivity index (χ0n) is 12.2. The lowest BCUT2D eigenvalue weighted by Crippen LogP contribution is -2.45. The van der Waals surface area contributed by atoms with Crippen LogP contribution < -0.4 is 5.32 Å². The minimum atomic E-state index is -0.776. The Balaban J connectivity index is 1.73. The lowest BCUT2D eigenvalue weighted by Gasteiger charge is -2.31. The molecule has 0 radical (unpaired) electrons. The normalized spacial score (nSPS) is 17.1. The molecule has 1 aromatic heterocycles. The van der Waals surface area contributed by atoms with Gasteiger partial charge in [0.05, 0.1) is 16.9 Å². The number of carbonyl (C=O) groups excluding carboxylic acids is 1. The van der Waals surface area contributed by atoms with E-state index in [9.17, 15) is 9.90 Å². The third-order valence-corrected chi connectivity index (χ3v) is 4.89. The van der Waals surface area contributed by atoms with Crippen molar-refractivity contribution < 1.29 is 9.90 Å². The maximum absolute atomic E-state index is 12.5. The van der Waals surface area contributed by atoms with Gasteiger partial charge in [0.2, 0.25) is 0 Å². The molecule has 2 heterocycles. The zero-order chi connectivity index (χ0) is 15.4. The first kappa shape index (κ1) is 15.1. The summed E-state index contributed by atoms with van der Waals surface area (Å²) in [5.74, 6) is 1.70. The number of rotatable bonds is 4. The van der Waals surface area contributed by atoms with E-state index in [2.05, 4.69) is 10.4 Å². The van der Waals surface area contributed by atoms with Gasteiger partial charge in [-0.15, -0.1) is 0 Å². The van der Waals surface area contributed by atoms with Crippen LogP contribution in [0.25, 0.3) is 5.69 Å². The monoisotopic (exact) mass is 317 g/mol. The molecule has 1 aliphatic rings. The Kier molecular flexibility index (Phi) is 4.49. The number of carbonyl (C=O) groups is 1. The minimum Gasteiger partial charge on any atom is -0.388 e. The van der Waals surface area contributed by atoms with Crippen molar-refractivity contribution in [3.8, 4) is 5.69 Å². The summed E-state index contributed by atoms with van der Waals surface area (Å²) < 4.78 is 1.67. The number of hydrogen-bond acceptors (Lipinski definition) is 4. The summed E-state index contributed by atoms with van der Waals surface area (Å²) in [6.45, 7) is 0.292. The van der Waals surface area contributed by atoms with Crippen LogP contribution in [0.4, 0.5) is 0 Å². The maximum Gasteiger partial charge on any atom is 0.253 e. The molecular formula is C16H19N3O2S. The first-order valence-electron chi connectivity index (χ1n) is 7.35. The Morgan fingerprint density at radius 3 is 2.82 bits per heavy atom. The highest BCUT2D eigenvalue weighted by atomic mass is 32.2. The first-order valence-corrected chi connectivity index (χ1v) is 8.51. The van der Waals surface area contributed by atoms with Gasteiger partial charge in [-0.1, -0.05) is 12.1 Å². The van der Waals surface area contributed by atoms with Crippen LogP contribution >= 0.6 is 11.8 Å². The maximum atomic E-state index is 12.5. The molecule has 1 aliphatic heterocycles. The van der Waals surface area contributed by atoms with E-state index >= 15 is 0 Å². The van der Waals surface area contributed by atoms with Gasteiger partial charge >= 0.3 is 0 Å². The number of amides is 1. The van der Waals surface area contributed by atoms with Gasteiger partial charge in [0, 0.05) is 18.9 Å². The molecule has 1 saturated heterocycles. The molecule has 0 saturated carbocycles. The van der Waals surface area contributed by atoms with Crippen LogP contribution in [0.2, 0.25) is 0 Å². The SMILES string of the molecule is O=C(NCC1(O)CCSCC1)c1ccccc1-n1cccn1. The third kappa shape index (κ3) is 3.34. The van der Waals surface area contributed by atoms with Crippen LogP contribution in [0.15, 0.2) is 42.7 Å². The fraction of sp³-hybridized carbons (Fsp3) is 0.375. The van der Waals surface area contributed by atoms with Crippen molar-refractivity contribution in [2.45, 2.75) is 18.4 Å². The molecule has 22 heavy (non-hydrogen) atoms. The van der Waals surface area contributed by atoms with Crippen molar-refractivity contribution in [3.05, 3.63) is 48.3 Å². The molecular weight excluding hydrogens is 298 g/mol. The van der Waals surface area contributed by atoms with E-state index in [0.29, 0.717) is 12.1 Å². The lowest BCUT2D eigenvalue weighted by atomic mass is 9.96. The summed E-state index contributed by atoms with van der Waals surface area (Å²) in [6, 6.07) is 9.14. The molecule has 0 unspecified atom stereocenters. The second-order valence-electron chi connectivity index (χ2n) is 5.49. The van der Waals surface area contributed by atoms with Gasteiger partial charge in [0.15, 0.2) is 0 Å². The summed E-state index contributed by atoms with van der Waals surface area (Å²) in [6.07, 6.45) is 4.92. The average molecular weight is 317 g/mol. The largest absolute Gasteiger partial charge is 0.388 e. The Morgan fingerprint density at radius 2 is 2.09 bits per heavy atom. The second kappa shape index (κ2) is 6.54. The predicted molar refractivity (Wildman–Crippen MR) is 87.4 cm³/mol. The number of nitrogens with one attached hydrogen (secondary N) is 1. The molecule has 3 rings (SSSR count). The Bertz CT molecular complexity index is 637. The van der Waals surface area contributed by atoms with Crippen molar-refractivity contribution in [1.82, 2.24) is 15.1 Å². The highest BCUT2D eigenvalue weighted by Crippen LogP contribution is 2.26. The van der Waals surface area contributed by atoms with E-state index < -0.39 is 5.60 Å². The van der Waals surface area contributed by atoms with E-state index in [1.165, 1.54) is 0 Å². The average Bonchev–Trinajstić information content (AvgIpc) is 3.08. The van der Waals surface area contributed by atoms with Crippen LogP contribution in [-0.2, 0) is 0 Å². The van der Waals surface area contributed by atoms with Gasteiger partial charge in [0.1, 0.15) is 0 Å². The molecule has 0 aliphatic carbocycles. The number of aromatic nitrogens is 2. The van der Waals surface area contributed by atoms with E-state index in [0.717, 1.165) is 30.0 Å². The molecule has 6 heteroatoms. The number of para-hydroxylation sites is 1. The van der Waals surface area contributed by atoms with Crippen LogP contribution in [0.5, 0.6) is 0 Å². The molecule has 0 atom stereocenters. The molecule has 1 fully saturated rings. The van der Waals surface area contributed by atoms with Gasteiger partial charge in [-0.2, -0.15) is 16.9 Å². The summed E-state index contributed by atoms with van der Waals surface area (Å²) in [7, 11) is 0. The number of nitrogens with zero attached hydrogens (tertiary/aromatic N) is 2. The van der Waals surface area contributed by atoms with Gasteiger partial charge in [0.25, 0.3) is 5.91 Å². The number of hydrogen-bond donors (Lipinski definition) is 2. The number of aliphatic hydroxyl groups is 1. The fourth-order valence-electron chi connectivity index (χ4n) is 2.54. The molecule has 1 aromatic carbocycles. The molecule has 5 nitrogen and oxygen atoms in total. The second-order valence-corrected chi connectivity index (χ2v) is 6.71. The molecule has 1 amide bonds. The van der Waals surface area contributed by atoms with E-state index in [1.807, 2.05) is 36.0 Å². The number of thioether (sulfide) groups is 1. The van der Waals surface area contributed by atoms with Crippen LogP contribution in [0.1, 0.15) is 23.2 Å². The third-order valence-electron chi connectivity index (χ3n) is 3.90. The molecule has 116 valence electrons. The quantitative estimate of drug-likeness (QED) is 0.903. The van der Waals surface area contributed by atoms with Crippen LogP contribution in [-0.4, -0.2) is 44.4 Å². The van der Waals surface area contributed by atoms with Crippen molar-refractivity contribution >= 4 is 17.7 Å². The topological polar surface area (TPSA) is 67.2 Å². The van der Waals surface area contributed by atoms with Gasteiger partial charge < -0.3 is 10.4 Å². The standard InChI is InChI=1S/C16H19N3O2S/c20-15(17-12-16(21)6-10-22-11-7-16)13-4-1-2-5-14(13)19-9-3-8-18-19/h1-5,8-9,21H,6-7,10-12H2,(H,17,20).